The third-order valence-corrected chi connectivity index (χ3v) is 4.42. The molecule has 1 heterocycles. The van der Waals surface area contributed by atoms with E-state index in [4.69, 9.17) is 0 Å². The van der Waals surface area contributed by atoms with Gasteiger partial charge in [-0.3, -0.25) is 4.79 Å². The Morgan fingerprint density at radius 3 is 2.60 bits per heavy atom. The van der Waals surface area contributed by atoms with Gasteiger partial charge in [-0.05, 0) is 38.5 Å². The minimum Gasteiger partial charge on any atom is -0.362 e. The molecule has 0 spiro atoms. The number of hydrogen-bond acceptors (Lipinski definition) is 3. The van der Waals surface area contributed by atoms with Gasteiger partial charge in [-0.2, -0.15) is 0 Å². The SMILES string of the molecule is CC(C)C1CCCCC1Nc1nccn(C(C)C)c1=O. The van der Waals surface area contributed by atoms with Crippen molar-refractivity contribution in [3.63, 3.8) is 0 Å². The Kier molecular flexibility index (Phi) is 4.84. The number of aromatic nitrogens is 2. The molecular formula is C16H27N3O. The van der Waals surface area contributed by atoms with Gasteiger partial charge in [-0.1, -0.05) is 26.7 Å². The van der Waals surface area contributed by atoms with Crippen molar-refractivity contribution < 1.29 is 0 Å². The van der Waals surface area contributed by atoms with E-state index in [0.29, 0.717) is 23.7 Å². The predicted octanol–water partition coefficient (Wildman–Crippen LogP) is 3.45. The van der Waals surface area contributed by atoms with Crippen molar-refractivity contribution in [3.05, 3.63) is 22.7 Å². The maximum absolute atomic E-state index is 12.4. The van der Waals surface area contributed by atoms with Crippen LogP contribution >= 0.6 is 0 Å². The van der Waals surface area contributed by atoms with Gasteiger partial charge < -0.3 is 9.88 Å². The van der Waals surface area contributed by atoms with Crippen LogP contribution in [0.1, 0.15) is 59.4 Å². The lowest BCUT2D eigenvalue weighted by Crippen LogP contribution is -2.38. The smallest absolute Gasteiger partial charge is 0.293 e. The lowest BCUT2D eigenvalue weighted by atomic mass is 9.78. The van der Waals surface area contributed by atoms with Crippen molar-refractivity contribution >= 4 is 5.82 Å². The van der Waals surface area contributed by atoms with Crippen LogP contribution in [0, 0.1) is 11.8 Å². The van der Waals surface area contributed by atoms with Crippen LogP contribution in [0.2, 0.25) is 0 Å². The second kappa shape index (κ2) is 6.42. The van der Waals surface area contributed by atoms with Crippen LogP contribution in [-0.2, 0) is 0 Å². The van der Waals surface area contributed by atoms with Crippen LogP contribution < -0.4 is 10.9 Å². The van der Waals surface area contributed by atoms with Crippen LogP contribution in [0.5, 0.6) is 0 Å². The van der Waals surface area contributed by atoms with Crippen LogP contribution in [0.25, 0.3) is 0 Å². The van der Waals surface area contributed by atoms with Gasteiger partial charge in [-0.25, -0.2) is 4.98 Å². The Bertz CT molecular complexity index is 493. The zero-order valence-corrected chi connectivity index (χ0v) is 13.1. The maximum atomic E-state index is 12.4. The third kappa shape index (κ3) is 3.22. The highest BCUT2D eigenvalue weighted by molar-refractivity contribution is 5.33. The fourth-order valence-corrected chi connectivity index (χ4v) is 3.24. The molecule has 20 heavy (non-hydrogen) atoms. The van der Waals surface area contributed by atoms with Gasteiger partial charge in [-0.15, -0.1) is 0 Å². The third-order valence-electron chi connectivity index (χ3n) is 4.42. The number of rotatable bonds is 4. The van der Waals surface area contributed by atoms with E-state index in [1.165, 1.54) is 19.3 Å². The molecule has 0 radical (unpaired) electrons. The molecule has 1 N–H and O–H groups in total. The summed E-state index contributed by atoms with van der Waals surface area (Å²) in [4.78, 5) is 16.7. The monoisotopic (exact) mass is 277 g/mol. The number of nitrogens with zero attached hydrogens (tertiary/aromatic N) is 2. The lowest BCUT2D eigenvalue weighted by molar-refractivity contribution is 0.253. The highest BCUT2D eigenvalue weighted by Crippen LogP contribution is 2.31. The fraction of sp³-hybridized carbons (Fsp3) is 0.750. The van der Waals surface area contributed by atoms with Gasteiger partial charge >= 0.3 is 0 Å². The van der Waals surface area contributed by atoms with E-state index in [-0.39, 0.29) is 11.6 Å². The van der Waals surface area contributed by atoms with Crippen molar-refractivity contribution in [2.75, 3.05) is 5.32 Å². The van der Waals surface area contributed by atoms with Gasteiger partial charge in [0.25, 0.3) is 5.56 Å². The summed E-state index contributed by atoms with van der Waals surface area (Å²) in [6.45, 7) is 8.58. The first-order chi connectivity index (χ1) is 9.50. The highest BCUT2D eigenvalue weighted by Gasteiger charge is 2.28. The summed E-state index contributed by atoms with van der Waals surface area (Å²) in [5, 5.41) is 3.43. The summed E-state index contributed by atoms with van der Waals surface area (Å²) in [5.41, 5.74) is -0.00409. The largest absolute Gasteiger partial charge is 0.362 e. The summed E-state index contributed by atoms with van der Waals surface area (Å²) < 4.78 is 1.74. The van der Waals surface area contributed by atoms with E-state index in [9.17, 15) is 4.79 Å². The summed E-state index contributed by atoms with van der Waals surface area (Å²) in [6.07, 6.45) is 8.42. The minimum atomic E-state index is -0.00409. The molecule has 0 aromatic carbocycles. The van der Waals surface area contributed by atoms with Crippen LogP contribution in [0.3, 0.4) is 0 Å². The second-order valence-corrected chi connectivity index (χ2v) is 6.53. The van der Waals surface area contributed by atoms with E-state index in [1.807, 2.05) is 13.8 Å². The lowest BCUT2D eigenvalue weighted by Gasteiger charge is -2.35. The van der Waals surface area contributed by atoms with Crippen LogP contribution in [0.15, 0.2) is 17.2 Å². The summed E-state index contributed by atoms with van der Waals surface area (Å²) in [7, 11) is 0. The van der Waals surface area contributed by atoms with Crippen molar-refractivity contribution in [3.8, 4) is 0 Å². The molecule has 4 heteroatoms. The molecule has 1 aliphatic rings. The van der Waals surface area contributed by atoms with Crippen LogP contribution in [0.4, 0.5) is 5.82 Å². The highest BCUT2D eigenvalue weighted by atomic mass is 16.1. The topological polar surface area (TPSA) is 46.9 Å². The molecule has 1 saturated carbocycles. The Morgan fingerprint density at radius 2 is 1.95 bits per heavy atom. The van der Waals surface area contributed by atoms with E-state index in [1.54, 1.807) is 17.0 Å². The molecule has 2 unspecified atom stereocenters. The maximum Gasteiger partial charge on any atom is 0.293 e. The molecule has 0 aliphatic heterocycles. The summed E-state index contributed by atoms with van der Waals surface area (Å²) >= 11 is 0. The van der Waals surface area contributed by atoms with E-state index < -0.39 is 0 Å². The molecule has 0 amide bonds. The van der Waals surface area contributed by atoms with Gasteiger partial charge in [0, 0.05) is 24.5 Å². The first kappa shape index (κ1) is 15.1. The molecule has 2 atom stereocenters. The fourth-order valence-electron chi connectivity index (χ4n) is 3.24. The average Bonchev–Trinajstić information content (AvgIpc) is 2.41. The van der Waals surface area contributed by atoms with E-state index >= 15 is 0 Å². The first-order valence-corrected chi connectivity index (χ1v) is 7.84. The number of nitrogens with one attached hydrogen (secondary N) is 1. The van der Waals surface area contributed by atoms with E-state index in [0.717, 1.165) is 6.42 Å². The minimum absolute atomic E-state index is 0.00409. The number of anilines is 1. The molecule has 1 aromatic heterocycles. The molecule has 1 aliphatic carbocycles. The zero-order chi connectivity index (χ0) is 14.7. The quantitative estimate of drug-likeness (QED) is 0.917. The second-order valence-electron chi connectivity index (χ2n) is 6.53. The van der Waals surface area contributed by atoms with Gasteiger partial charge in [0.2, 0.25) is 0 Å². The molecule has 1 fully saturated rings. The molecule has 1 aromatic rings. The van der Waals surface area contributed by atoms with Crippen LogP contribution in [-0.4, -0.2) is 15.6 Å². The Balaban J connectivity index is 2.20. The molecular weight excluding hydrogens is 250 g/mol. The Morgan fingerprint density at radius 1 is 1.25 bits per heavy atom. The average molecular weight is 277 g/mol. The van der Waals surface area contributed by atoms with Crippen molar-refractivity contribution in [1.29, 1.82) is 0 Å². The molecule has 0 saturated heterocycles. The van der Waals surface area contributed by atoms with Crippen molar-refractivity contribution in [2.45, 2.75) is 65.5 Å². The summed E-state index contributed by atoms with van der Waals surface area (Å²) in [5.74, 6) is 1.79. The summed E-state index contributed by atoms with van der Waals surface area (Å²) in [6, 6.07) is 0.547. The predicted molar refractivity (Wildman–Crippen MR) is 83.1 cm³/mol. The van der Waals surface area contributed by atoms with Gasteiger partial charge in [0.05, 0.1) is 0 Å². The van der Waals surface area contributed by atoms with Gasteiger partial charge in [0.15, 0.2) is 5.82 Å². The molecule has 4 nitrogen and oxygen atoms in total. The Hall–Kier alpha value is -1.32. The number of hydrogen-bond donors (Lipinski definition) is 1. The zero-order valence-electron chi connectivity index (χ0n) is 13.1. The van der Waals surface area contributed by atoms with Crippen molar-refractivity contribution in [2.24, 2.45) is 11.8 Å². The Labute approximate surface area is 121 Å². The first-order valence-electron chi connectivity index (χ1n) is 7.84. The molecule has 2 rings (SSSR count). The van der Waals surface area contributed by atoms with E-state index in [2.05, 4.69) is 24.1 Å². The van der Waals surface area contributed by atoms with Crippen molar-refractivity contribution in [1.82, 2.24) is 9.55 Å². The molecule has 0 bridgehead atoms. The molecule has 112 valence electrons. The normalized spacial score (nSPS) is 23.3. The van der Waals surface area contributed by atoms with Gasteiger partial charge in [0.1, 0.15) is 0 Å². The standard InChI is InChI=1S/C16H27N3O/c1-11(2)13-7-5-6-8-14(13)18-15-16(20)19(12(3)4)10-9-17-15/h9-14H,5-8H2,1-4H3,(H,17,18).